The van der Waals surface area contributed by atoms with Crippen LogP contribution in [0.4, 0.5) is 0 Å². The second kappa shape index (κ2) is 14.7. The summed E-state index contributed by atoms with van der Waals surface area (Å²) in [5.74, 6) is -1.02. The van der Waals surface area contributed by atoms with Crippen molar-refractivity contribution in [3.8, 4) is 34.5 Å². The van der Waals surface area contributed by atoms with E-state index in [2.05, 4.69) is 8.37 Å². The molecule has 212 valence electrons. The van der Waals surface area contributed by atoms with Gasteiger partial charge in [0.2, 0.25) is 0 Å². The molecule has 0 fully saturated rings. The molecule has 0 amide bonds. The fourth-order valence-corrected chi connectivity index (χ4v) is 3.82. The molecular formula is C24H18Na2O14S2. The topological polar surface area (TPSA) is 221 Å². The summed E-state index contributed by atoms with van der Waals surface area (Å²) in [6.07, 6.45) is 1.23. The van der Waals surface area contributed by atoms with Gasteiger partial charge in [-0.25, -0.2) is 16.8 Å². The zero-order valence-corrected chi connectivity index (χ0v) is 27.4. The third-order valence-electron chi connectivity index (χ3n) is 5.13. The molecule has 3 aromatic carbocycles. The third kappa shape index (κ3) is 9.98. The van der Waals surface area contributed by atoms with Crippen molar-refractivity contribution >= 4 is 33.0 Å². The number of aromatic hydroxyl groups is 3. The van der Waals surface area contributed by atoms with E-state index in [9.17, 15) is 41.3 Å². The van der Waals surface area contributed by atoms with Gasteiger partial charge in [0.25, 0.3) is 27.1 Å². The third-order valence-corrected chi connectivity index (χ3v) is 5.83. The summed E-state index contributed by atoms with van der Waals surface area (Å²) in [6.45, 7) is 0. The van der Waals surface area contributed by atoms with Crippen LogP contribution in [0.2, 0.25) is 0 Å². The van der Waals surface area contributed by atoms with E-state index in [4.69, 9.17) is 14.2 Å². The predicted octanol–water partition coefficient (Wildman–Crippen LogP) is -3.38. The van der Waals surface area contributed by atoms with Gasteiger partial charge < -0.3 is 47.0 Å². The summed E-state index contributed by atoms with van der Waals surface area (Å²) in [7, 11) is -9.89. The van der Waals surface area contributed by atoms with Gasteiger partial charge in [-0.15, -0.1) is 0 Å². The fourth-order valence-electron chi connectivity index (χ4n) is 3.44. The number of phenolic OH excluding ortho intramolecular Hbond substituents is 3. The van der Waals surface area contributed by atoms with Crippen LogP contribution < -0.4 is 73.3 Å². The van der Waals surface area contributed by atoms with Crippen LogP contribution in [-0.2, 0) is 29.2 Å². The molecule has 0 radical (unpaired) electrons. The molecule has 2 atom stereocenters. The average molecular weight is 641 g/mol. The molecule has 0 aromatic heterocycles. The first-order valence-corrected chi connectivity index (χ1v) is 13.5. The first kappa shape index (κ1) is 35.6. The second-order valence-electron chi connectivity index (χ2n) is 7.94. The summed E-state index contributed by atoms with van der Waals surface area (Å²) in [5, 5.41) is 30.2. The maximum absolute atomic E-state index is 10.6. The van der Waals surface area contributed by atoms with E-state index in [-0.39, 0.29) is 87.7 Å². The minimum Gasteiger partial charge on any atom is -0.716 e. The first-order valence-electron chi connectivity index (χ1n) is 10.9. The van der Waals surface area contributed by atoms with Crippen molar-refractivity contribution in [2.24, 2.45) is 0 Å². The van der Waals surface area contributed by atoms with Gasteiger partial charge in [0.05, 0.1) is 0 Å². The fraction of sp³-hybridized carbons (Fsp3) is 0.0833. The number of rotatable bonds is 9. The van der Waals surface area contributed by atoms with Gasteiger partial charge in [-0.05, 0) is 59.7 Å². The van der Waals surface area contributed by atoms with Gasteiger partial charge in [0.15, 0.2) is 40.6 Å². The van der Waals surface area contributed by atoms with Gasteiger partial charge in [0, 0.05) is 5.56 Å². The van der Waals surface area contributed by atoms with Crippen molar-refractivity contribution in [3.05, 3.63) is 83.8 Å². The summed E-state index contributed by atoms with van der Waals surface area (Å²) in [5.41, 5.74) is 0.921. The van der Waals surface area contributed by atoms with E-state index in [1.165, 1.54) is 60.7 Å². The Morgan fingerprint density at radius 3 is 1.86 bits per heavy atom. The van der Waals surface area contributed by atoms with Gasteiger partial charge in [-0.3, -0.25) is 0 Å². The molecule has 4 rings (SSSR count). The molecule has 1 aliphatic rings. The van der Waals surface area contributed by atoms with E-state index in [1.807, 2.05) is 0 Å². The van der Waals surface area contributed by atoms with E-state index in [0.29, 0.717) is 23.7 Å². The molecule has 0 spiro atoms. The molecular weight excluding hydrogens is 622 g/mol. The van der Waals surface area contributed by atoms with Crippen molar-refractivity contribution in [2.45, 2.75) is 12.4 Å². The minimum absolute atomic E-state index is 0. The van der Waals surface area contributed by atoms with Crippen LogP contribution in [0, 0.1) is 0 Å². The Morgan fingerprint density at radius 2 is 1.29 bits per heavy atom. The quantitative estimate of drug-likeness (QED) is 0.0683. The van der Waals surface area contributed by atoms with Gasteiger partial charge in [-0.1, -0.05) is 18.2 Å². The number of ether oxygens (including phenoxy) is 3. The van der Waals surface area contributed by atoms with Gasteiger partial charge in [0.1, 0.15) is 12.5 Å². The molecule has 0 saturated heterocycles. The Labute approximate surface area is 284 Å². The Balaban J connectivity index is 0.00000308. The van der Waals surface area contributed by atoms with Crippen LogP contribution in [0.5, 0.6) is 34.5 Å². The zero-order valence-electron chi connectivity index (χ0n) is 21.8. The molecule has 42 heavy (non-hydrogen) atoms. The number of phenols is 3. The van der Waals surface area contributed by atoms with E-state index < -0.39 is 44.7 Å². The van der Waals surface area contributed by atoms with Crippen LogP contribution in [0.25, 0.3) is 12.2 Å². The zero-order chi connectivity index (χ0) is 29.1. The van der Waals surface area contributed by atoms with Crippen LogP contribution in [0.15, 0.2) is 67.1 Å². The van der Waals surface area contributed by atoms with Crippen LogP contribution in [0.1, 0.15) is 22.8 Å². The summed E-state index contributed by atoms with van der Waals surface area (Å²) >= 11 is 0. The molecule has 1 heterocycles. The molecule has 0 bridgehead atoms. The Morgan fingerprint density at radius 1 is 0.690 bits per heavy atom. The van der Waals surface area contributed by atoms with Crippen LogP contribution in [0.3, 0.4) is 0 Å². The minimum atomic E-state index is -4.95. The molecule has 14 nitrogen and oxygen atoms in total. The monoisotopic (exact) mass is 640 g/mol. The number of hydrogen-bond acceptors (Lipinski definition) is 14. The standard InChI is InChI=1S/C24H20O14S2.2Na/c25-17-4-3-16(13-18(17)26)23-24(37-20-5-1-14(11-19(20)27)7-9-34-39(28,29)30)38-22-12-15(2-6-21(22)36-23)8-10-35-40(31,32)33;;/h1-13,23-27H,(H,28,29,30)(H,31,32,33);;/q;2*+1/p-2/b9-7+,10-8+;;. The Bertz CT molecular complexity index is 1690. The number of hydrogen-bond donors (Lipinski definition) is 3. The van der Waals surface area contributed by atoms with E-state index in [0.717, 1.165) is 6.08 Å². The van der Waals surface area contributed by atoms with Crippen LogP contribution in [-0.4, -0.2) is 47.6 Å². The largest absolute Gasteiger partial charge is 1.00 e. The summed E-state index contributed by atoms with van der Waals surface area (Å²) < 4.78 is 89.4. The normalized spacial score (nSPS) is 16.3. The molecule has 3 aromatic rings. The van der Waals surface area contributed by atoms with Crippen molar-refractivity contribution < 1.29 is 123 Å². The maximum Gasteiger partial charge on any atom is 1.00 e. The van der Waals surface area contributed by atoms with Gasteiger partial charge in [-0.2, -0.15) is 0 Å². The Kier molecular flexibility index (Phi) is 12.4. The summed E-state index contributed by atoms with van der Waals surface area (Å²) in [6, 6.07) is 12.2. The molecule has 0 aliphatic carbocycles. The van der Waals surface area contributed by atoms with Crippen LogP contribution >= 0.6 is 0 Å². The maximum atomic E-state index is 10.6. The van der Waals surface area contributed by atoms with E-state index >= 15 is 0 Å². The Hall–Kier alpha value is -2.64. The molecule has 0 saturated carbocycles. The second-order valence-corrected chi connectivity index (χ2v) is 9.96. The van der Waals surface area contributed by atoms with Crippen molar-refractivity contribution in [1.29, 1.82) is 0 Å². The SMILES string of the molecule is O=S(=O)([O-])O/C=C/c1ccc(OC2Oc3cc(/C=C/OS(=O)(=O)[O-])ccc3OC2c2ccc(O)c(O)c2)c(O)c1.[Na+].[Na+]. The summed E-state index contributed by atoms with van der Waals surface area (Å²) in [4.78, 5) is 0. The predicted molar refractivity (Wildman–Crippen MR) is 132 cm³/mol. The molecule has 2 unspecified atom stereocenters. The van der Waals surface area contributed by atoms with Crippen molar-refractivity contribution in [1.82, 2.24) is 0 Å². The number of fused-ring (bicyclic) bond motifs is 1. The van der Waals surface area contributed by atoms with Gasteiger partial charge >= 0.3 is 59.1 Å². The van der Waals surface area contributed by atoms with Crippen molar-refractivity contribution in [2.75, 3.05) is 0 Å². The molecule has 18 heteroatoms. The first-order chi connectivity index (χ1) is 18.8. The molecule has 1 aliphatic heterocycles. The van der Waals surface area contributed by atoms with E-state index in [1.54, 1.807) is 0 Å². The smallest absolute Gasteiger partial charge is 0.716 e. The number of benzene rings is 3. The molecule has 3 N–H and O–H groups in total. The average Bonchev–Trinajstić information content (AvgIpc) is 2.85. The van der Waals surface area contributed by atoms with Crippen molar-refractivity contribution in [3.63, 3.8) is 0 Å².